The molecule has 0 spiro atoms. The molecule has 0 unspecified atom stereocenters. The summed E-state index contributed by atoms with van der Waals surface area (Å²) >= 11 is 0. The van der Waals surface area contributed by atoms with Gasteiger partial charge in [0.2, 0.25) is 0 Å². The van der Waals surface area contributed by atoms with Crippen LogP contribution >= 0.6 is 0 Å². The maximum Gasteiger partial charge on any atom is 0.251 e. The molecule has 1 amide bonds. The number of amides is 1. The van der Waals surface area contributed by atoms with Crippen LogP contribution in [0.15, 0.2) is 41.0 Å². The molecule has 2 aromatic rings. The summed E-state index contributed by atoms with van der Waals surface area (Å²) in [5, 5.41) is 2.79. The number of nitrogens with one attached hydrogen (secondary N) is 2. The number of carbonyl (C=O) groups is 1. The van der Waals surface area contributed by atoms with E-state index in [0.717, 1.165) is 49.9 Å². The van der Waals surface area contributed by atoms with E-state index in [1.807, 2.05) is 12.1 Å². The summed E-state index contributed by atoms with van der Waals surface area (Å²) in [6.45, 7) is 2.41. The lowest BCUT2D eigenvalue weighted by atomic mass is 10.1. The molecule has 0 bridgehead atoms. The Bertz CT molecular complexity index is 662. The molecule has 0 saturated carbocycles. The lowest BCUT2D eigenvalue weighted by Gasteiger charge is -2.30. The third-order valence-electron chi connectivity index (χ3n) is 4.47. The van der Waals surface area contributed by atoms with Crippen molar-refractivity contribution in [2.24, 2.45) is 0 Å². The molecule has 0 aliphatic carbocycles. The first-order chi connectivity index (χ1) is 11.6. The van der Waals surface area contributed by atoms with Crippen molar-refractivity contribution in [3.63, 3.8) is 0 Å². The first-order valence-corrected chi connectivity index (χ1v) is 8.26. The van der Waals surface area contributed by atoms with Crippen molar-refractivity contribution >= 4 is 5.91 Å². The van der Waals surface area contributed by atoms with Crippen LogP contribution in [0.25, 0.3) is 0 Å². The van der Waals surface area contributed by atoms with Gasteiger partial charge in [0.05, 0.1) is 25.9 Å². The molecule has 1 aliphatic heterocycles. The van der Waals surface area contributed by atoms with E-state index in [0.29, 0.717) is 6.54 Å². The van der Waals surface area contributed by atoms with Crippen molar-refractivity contribution < 1.29 is 22.9 Å². The van der Waals surface area contributed by atoms with Crippen LogP contribution in [0.4, 0.5) is 8.78 Å². The molecule has 3 rings (SSSR count). The summed E-state index contributed by atoms with van der Waals surface area (Å²) in [5.41, 5.74) is -0.0145. The van der Waals surface area contributed by atoms with E-state index in [-0.39, 0.29) is 11.6 Å². The van der Waals surface area contributed by atoms with Crippen molar-refractivity contribution in [1.82, 2.24) is 5.32 Å². The fraction of sp³-hybridized carbons (Fsp3) is 0.389. The van der Waals surface area contributed by atoms with Gasteiger partial charge < -0.3 is 14.6 Å². The van der Waals surface area contributed by atoms with E-state index >= 15 is 0 Å². The molecule has 6 heteroatoms. The molecule has 1 saturated heterocycles. The number of likely N-dealkylation sites (tertiary alicyclic amines) is 1. The minimum absolute atomic E-state index is 0.00246. The maximum atomic E-state index is 13.3. The van der Waals surface area contributed by atoms with Crippen molar-refractivity contribution in [2.45, 2.75) is 25.3 Å². The van der Waals surface area contributed by atoms with Gasteiger partial charge in [0.1, 0.15) is 11.6 Å². The fourth-order valence-corrected chi connectivity index (χ4v) is 3.27. The zero-order valence-corrected chi connectivity index (χ0v) is 13.4. The maximum absolute atomic E-state index is 13.3. The molecule has 1 aromatic carbocycles. The number of halogens is 2. The van der Waals surface area contributed by atoms with E-state index < -0.39 is 17.5 Å². The van der Waals surface area contributed by atoms with E-state index in [2.05, 4.69) is 5.32 Å². The molecule has 1 aromatic heterocycles. The molecule has 1 atom stereocenters. The Labute approximate surface area is 139 Å². The molecular weight excluding hydrogens is 314 g/mol. The number of furan rings is 1. The van der Waals surface area contributed by atoms with Gasteiger partial charge in [-0.3, -0.25) is 4.79 Å². The zero-order chi connectivity index (χ0) is 16.9. The highest BCUT2D eigenvalue weighted by Gasteiger charge is 2.28. The molecule has 2 heterocycles. The minimum atomic E-state index is -0.760. The van der Waals surface area contributed by atoms with Gasteiger partial charge in [-0.15, -0.1) is 0 Å². The minimum Gasteiger partial charge on any atom is -0.463 e. The van der Waals surface area contributed by atoms with Crippen LogP contribution in [0.5, 0.6) is 0 Å². The summed E-state index contributed by atoms with van der Waals surface area (Å²) in [4.78, 5) is 13.6. The van der Waals surface area contributed by atoms with Crippen LogP contribution in [0.2, 0.25) is 0 Å². The van der Waals surface area contributed by atoms with E-state index in [9.17, 15) is 13.6 Å². The monoisotopic (exact) mass is 335 g/mol. The van der Waals surface area contributed by atoms with Crippen LogP contribution in [0.1, 0.15) is 41.4 Å². The molecule has 2 N–H and O–H groups in total. The Morgan fingerprint density at radius 3 is 2.50 bits per heavy atom. The summed E-state index contributed by atoms with van der Waals surface area (Å²) in [6.07, 6.45) is 5.14. The van der Waals surface area contributed by atoms with Gasteiger partial charge in [-0.05, 0) is 43.5 Å². The van der Waals surface area contributed by atoms with Crippen molar-refractivity contribution in [3.8, 4) is 0 Å². The first kappa shape index (κ1) is 16.6. The predicted octanol–water partition coefficient (Wildman–Crippen LogP) is 2.10. The Morgan fingerprint density at radius 1 is 1.17 bits per heavy atom. The second-order valence-corrected chi connectivity index (χ2v) is 6.16. The van der Waals surface area contributed by atoms with Crippen LogP contribution in [0, 0.1) is 11.6 Å². The van der Waals surface area contributed by atoms with Crippen LogP contribution in [-0.2, 0) is 0 Å². The SMILES string of the molecule is O=C(NC[C@H](c1ccco1)[NH+]1CCCCC1)c1cc(F)cc(F)c1. The van der Waals surface area contributed by atoms with Gasteiger partial charge in [-0.1, -0.05) is 0 Å². The molecule has 24 heavy (non-hydrogen) atoms. The quantitative estimate of drug-likeness (QED) is 0.879. The predicted molar refractivity (Wildman–Crippen MR) is 84.7 cm³/mol. The molecule has 1 fully saturated rings. The summed E-state index contributed by atoms with van der Waals surface area (Å²) in [6, 6.07) is 6.56. The summed E-state index contributed by atoms with van der Waals surface area (Å²) < 4.78 is 32.1. The van der Waals surface area contributed by atoms with Gasteiger partial charge >= 0.3 is 0 Å². The van der Waals surface area contributed by atoms with Gasteiger partial charge in [0, 0.05) is 11.6 Å². The largest absolute Gasteiger partial charge is 0.463 e. The molecule has 0 radical (unpaired) electrons. The summed E-state index contributed by atoms with van der Waals surface area (Å²) in [7, 11) is 0. The van der Waals surface area contributed by atoms with Crippen molar-refractivity contribution in [2.75, 3.05) is 19.6 Å². The Balaban J connectivity index is 1.69. The first-order valence-electron chi connectivity index (χ1n) is 8.26. The third kappa shape index (κ3) is 4.00. The zero-order valence-electron chi connectivity index (χ0n) is 13.4. The highest BCUT2D eigenvalue weighted by molar-refractivity contribution is 5.94. The number of rotatable bonds is 5. The highest BCUT2D eigenvalue weighted by Crippen LogP contribution is 2.12. The number of benzene rings is 1. The van der Waals surface area contributed by atoms with E-state index in [4.69, 9.17) is 4.42 Å². The average Bonchev–Trinajstić information content (AvgIpc) is 3.09. The van der Waals surface area contributed by atoms with E-state index in [1.165, 1.54) is 11.3 Å². The smallest absolute Gasteiger partial charge is 0.251 e. The molecule has 128 valence electrons. The normalized spacial score (nSPS) is 16.8. The van der Waals surface area contributed by atoms with Gasteiger partial charge in [-0.25, -0.2) is 8.78 Å². The number of carbonyl (C=O) groups excluding carboxylic acids is 1. The lowest BCUT2D eigenvalue weighted by molar-refractivity contribution is -0.936. The second-order valence-electron chi connectivity index (χ2n) is 6.16. The van der Waals surface area contributed by atoms with Crippen LogP contribution < -0.4 is 10.2 Å². The number of piperidine rings is 1. The molecule has 1 aliphatic rings. The Morgan fingerprint density at radius 2 is 1.88 bits per heavy atom. The third-order valence-corrected chi connectivity index (χ3v) is 4.47. The topological polar surface area (TPSA) is 46.7 Å². The van der Waals surface area contributed by atoms with Crippen molar-refractivity contribution in [3.05, 3.63) is 59.6 Å². The van der Waals surface area contributed by atoms with Crippen molar-refractivity contribution in [1.29, 1.82) is 0 Å². The second kappa shape index (κ2) is 7.57. The number of quaternary nitrogens is 1. The van der Waals surface area contributed by atoms with Gasteiger partial charge in [0.25, 0.3) is 5.91 Å². The molecular formula is C18H21F2N2O2+. The van der Waals surface area contributed by atoms with Crippen LogP contribution in [0.3, 0.4) is 0 Å². The Hall–Kier alpha value is -2.21. The summed E-state index contributed by atoms with van der Waals surface area (Å²) in [5.74, 6) is -1.19. The standard InChI is InChI=1S/C18H20F2N2O2/c19-14-9-13(10-15(20)11-14)18(23)21-12-16(17-5-4-8-24-17)22-6-2-1-3-7-22/h4-5,8-11,16H,1-3,6-7,12H2,(H,21,23)/p+1/t16-/m1/s1. The number of hydrogen-bond donors (Lipinski definition) is 2. The highest BCUT2D eigenvalue weighted by atomic mass is 19.1. The molecule has 4 nitrogen and oxygen atoms in total. The average molecular weight is 335 g/mol. The van der Waals surface area contributed by atoms with Gasteiger partial charge in [0.15, 0.2) is 11.8 Å². The van der Waals surface area contributed by atoms with E-state index in [1.54, 1.807) is 6.26 Å². The Kier molecular flexibility index (Phi) is 5.25. The fourth-order valence-electron chi connectivity index (χ4n) is 3.27. The van der Waals surface area contributed by atoms with Gasteiger partial charge in [-0.2, -0.15) is 0 Å². The number of hydrogen-bond acceptors (Lipinski definition) is 2. The lowest BCUT2D eigenvalue weighted by Crippen LogP contribution is -3.13. The van der Waals surface area contributed by atoms with Crippen LogP contribution in [-0.4, -0.2) is 25.5 Å².